The van der Waals surface area contributed by atoms with Crippen molar-refractivity contribution in [1.82, 2.24) is 24.6 Å². The molecule has 0 spiro atoms. The summed E-state index contributed by atoms with van der Waals surface area (Å²) < 4.78 is 7.17. The molecule has 0 bridgehead atoms. The maximum absolute atomic E-state index is 13.1. The monoisotopic (exact) mass is 579 g/mol. The highest BCUT2D eigenvalue weighted by molar-refractivity contribution is 6.04. The highest BCUT2D eigenvalue weighted by Crippen LogP contribution is 2.28. The van der Waals surface area contributed by atoms with Crippen molar-refractivity contribution in [2.45, 2.75) is 33.1 Å². The zero-order valence-electron chi connectivity index (χ0n) is 25.0. The number of rotatable bonds is 10. The Hall–Kier alpha value is -4.79. The van der Waals surface area contributed by atoms with E-state index in [-0.39, 0.29) is 5.91 Å². The molecule has 2 aromatic heterocycles. The van der Waals surface area contributed by atoms with Crippen LogP contribution in [0.5, 0.6) is 0 Å². The van der Waals surface area contributed by atoms with Crippen LogP contribution in [0.2, 0.25) is 0 Å². The Bertz CT molecular complexity index is 1630. The number of nitriles is 1. The number of carbonyl (C=O) groups is 1. The van der Waals surface area contributed by atoms with Crippen LogP contribution in [0, 0.1) is 25.2 Å². The van der Waals surface area contributed by atoms with Gasteiger partial charge in [0, 0.05) is 55.2 Å². The average Bonchev–Trinajstić information content (AvgIpc) is 3.39. The first kappa shape index (κ1) is 29.7. The second-order valence-electron chi connectivity index (χ2n) is 11.2. The van der Waals surface area contributed by atoms with E-state index in [4.69, 9.17) is 4.74 Å². The van der Waals surface area contributed by atoms with Gasteiger partial charge in [0.2, 0.25) is 0 Å². The molecule has 11 heteroatoms. The third-order valence-corrected chi connectivity index (χ3v) is 7.42. The van der Waals surface area contributed by atoms with Gasteiger partial charge in [-0.15, -0.1) is 0 Å². The molecule has 3 N–H and O–H groups in total. The van der Waals surface area contributed by atoms with E-state index < -0.39 is 5.41 Å². The van der Waals surface area contributed by atoms with Gasteiger partial charge in [-0.1, -0.05) is 18.2 Å². The van der Waals surface area contributed by atoms with E-state index in [9.17, 15) is 10.1 Å². The second kappa shape index (κ2) is 13.0. The number of morpholine rings is 1. The number of benzene rings is 2. The van der Waals surface area contributed by atoms with Crippen LogP contribution in [0.4, 0.5) is 23.0 Å². The molecule has 0 aliphatic carbocycles. The van der Waals surface area contributed by atoms with E-state index in [1.54, 1.807) is 22.9 Å². The fourth-order valence-corrected chi connectivity index (χ4v) is 4.78. The number of carbonyl (C=O) groups excluding carboxylic acids is 1. The van der Waals surface area contributed by atoms with Gasteiger partial charge in [0.15, 0.2) is 5.82 Å². The zero-order chi connectivity index (χ0) is 30.4. The first-order chi connectivity index (χ1) is 20.7. The van der Waals surface area contributed by atoms with E-state index in [0.29, 0.717) is 17.1 Å². The predicted molar refractivity (Wildman–Crippen MR) is 167 cm³/mol. The van der Waals surface area contributed by atoms with Crippen molar-refractivity contribution in [3.05, 3.63) is 83.3 Å². The number of ether oxygens (including phenoxy) is 1. The van der Waals surface area contributed by atoms with E-state index >= 15 is 0 Å². The Morgan fingerprint density at radius 2 is 1.88 bits per heavy atom. The molecule has 0 unspecified atom stereocenters. The lowest BCUT2D eigenvalue weighted by Crippen LogP contribution is -2.39. The Kier molecular flexibility index (Phi) is 8.99. The maximum Gasteiger partial charge on any atom is 0.255 e. The van der Waals surface area contributed by atoms with Gasteiger partial charge in [-0.2, -0.15) is 15.0 Å². The van der Waals surface area contributed by atoms with Crippen molar-refractivity contribution in [2.75, 3.05) is 55.3 Å². The van der Waals surface area contributed by atoms with Crippen LogP contribution in [0.25, 0.3) is 5.82 Å². The van der Waals surface area contributed by atoms with Crippen LogP contribution in [0.3, 0.4) is 0 Å². The molecule has 1 aliphatic rings. The van der Waals surface area contributed by atoms with Crippen molar-refractivity contribution in [3.63, 3.8) is 0 Å². The zero-order valence-corrected chi connectivity index (χ0v) is 25.0. The molecule has 11 nitrogen and oxygen atoms in total. The number of hydrogen-bond donors (Lipinski definition) is 3. The van der Waals surface area contributed by atoms with Crippen LogP contribution >= 0.6 is 0 Å². The Morgan fingerprint density at radius 3 is 2.67 bits per heavy atom. The lowest BCUT2D eigenvalue weighted by molar-refractivity contribution is 0.0398. The molecular formula is C32H37N9O2. The van der Waals surface area contributed by atoms with Gasteiger partial charge in [0.25, 0.3) is 5.91 Å². The molecule has 0 radical (unpaired) electrons. The minimum atomic E-state index is -0.693. The summed E-state index contributed by atoms with van der Waals surface area (Å²) in [7, 11) is 0. The van der Waals surface area contributed by atoms with E-state index in [0.717, 1.165) is 73.5 Å². The van der Waals surface area contributed by atoms with Gasteiger partial charge in [0.05, 0.1) is 30.4 Å². The Labute approximate surface area is 251 Å². The highest BCUT2D eigenvalue weighted by Gasteiger charge is 2.21. The summed E-state index contributed by atoms with van der Waals surface area (Å²) >= 11 is 0. The smallest absolute Gasteiger partial charge is 0.255 e. The van der Waals surface area contributed by atoms with Crippen molar-refractivity contribution < 1.29 is 9.53 Å². The molecular weight excluding hydrogens is 542 g/mol. The molecule has 43 heavy (non-hydrogen) atoms. The summed E-state index contributed by atoms with van der Waals surface area (Å²) in [5.74, 6) is 1.83. The first-order valence-electron chi connectivity index (χ1n) is 14.4. The lowest BCUT2D eigenvalue weighted by Gasteiger charge is -2.26. The van der Waals surface area contributed by atoms with Crippen molar-refractivity contribution in [2.24, 2.45) is 0 Å². The summed E-state index contributed by atoms with van der Waals surface area (Å²) in [5, 5.41) is 24.0. The second-order valence-corrected chi connectivity index (χ2v) is 11.2. The van der Waals surface area contributed by atoms with E-state index in [2.05, 4.69) is 42.0 Å². The van der Waals surface area contributed by atoms with Crippen LogP contribution in [-0.4, -0.2) is 69.9 Å². The fourth-order valence-electron chi connectivity index (χ4n) is 4.78. The van der Waals surface area contributed by atoms with Gasteiger partial charge in [-0.25, -0.2) is 9.97 Å². The van der Waals surface area contributed by atoms with Crippen molar-refractivity contribution >= 4 is 28.9 Å². The summed E-state index contributed by atoms with van der Waals surface area (Å²) in [4.78, 5) is 24.3. The molecule has 0 atom stereocenters. The van der Waals surface area contributed by atoms with Gasteiger partial charge >= 0.3 is 0 Å². The number of anilines is 4. The quantitative estimate of drug-likeness (QED) is 0.242. The van der Waals surface area contributed by atoms with Crippen LogP contribution < -0.4 is 16.0 Å². The Morgan fingerprint density at radius 1 is 1.07 bits per heavy atom. The highest BCUT2D eigenvalue weighted by atomic mass is 16.5. The number of nitrogens with zero attached hydrogens (tertiary/aromatic N) is 6. The van der Waals surface area contributed by atoms with E-state index in [1.807, 2.05) is 64.1 Å². The summed E-state index contributed by atoms with van der Waals surface area (Å²) in [6, 6.07) is 19.0. The Balaban J connectivity index is 1.30. The minimum absolute atomic E-state index is 0.249. The average molecular weight is 580 g/mol. The predicted octanol–water partition coefficient (Wildman–Crippen LogP) is 4.82. The molecule has 3 heterocycles. The maximum atomic E-state index is 13.1. The third kappa shape index (κ3) is 7.35. The summed E-state index contributed by atoms with van der Waals surface area (Å²) in [6.45, 7) is 12.7. The van der Waals surface area contributed by atoms with Crippen LogP contribution in [0.1, 0.15) is 41.0 Å². The number of aromatic nitrogens is 4. The first-order valence-corrected chi connectivity index (χ1v) is 14.4. The van der Waals surface area contributed by atoms with E-state index in [1.165, 1.54) is 6.33 Å². The molecule has 1 saturated heterocycles. The SMILES string of the molecule is Cc1cc(Nc2cc(NC(=O)c3cccc(C(C)(C)C#N)c3)ccc2C)n(-c2cc(NCCN3CCOCC3)ncn2)n1. The normalized spacial score (nSPS) is 13.7. The molecule has 4 aromatic rings. The van der Waals surface area contributed by atoms with Crippen LogP contribution in [0.15, 0.2) is 60.9 Å². The van der Waals surface area contributed by atoms with Gasteiger partial charge in [-0.05, 0) is 63.1 Å². The lowest BCUT2D eigenvalue weighted by atomic mass is 9.85. The molecule has 2 aromatic carbocycles. The largest absolute Gasteiger partial charge is 0.379 e. The molecule has 1 fully saturated rings. The topological polar surface area (TPSA) is 133 Å². The molecule has 1 amide bonds. The summed E-state index contributed by atoms with van der Waals surface area (Å²) in [6.07, 6.45) is 1.53. The number of nitrogens with one attached hydrogen (secondary N) is 3. The molecule has 1 aliphatic heterocycles. The fraction of sp³-hybridized carbons (Fsp3) is 0.344. The molecule has 0 saturated carbocycles. The van der Waals surface area contributed by atoms with Gasteiger partial charge in [-0.3, -0.25) is 9.69 Å². The summed E-state index contributed by atoms with van der Waals surface area (Å²) in [5.41, 5.74) is 3.86. The van der Waals surface area contributed by atoms with Gasteiger partial charge < -0.3 is 20.7 Å². The number of hydrogen-bond acceptors (Lipinski definition) is 9. The van der Waals surface area contributed by atoms with Crippen molar-refractivity contribution in [1.29, 1.82) is 5.26 Å². The molecule has 5 rings (SSSR count). The van der Waals surface area contributed by atoms with Crippen molar-refractivity contribution in [3.8, 4) is 11.9 Å². The third-order valence-electron chi connectivity index (χ3n) is 7.42. The number of amides is 1. The van der Waals surface area contributed by atoms with Crippen LogP contribution in [-0.2, 0) is 10.2 Å². The van der Waals surface area contributed by atoms with Gasteiger partial charge in [0.1, 0.15) is 18.0 Å². The molecule has 222 valence electrons. The standard InChI is InChI=1S/C32H37N9O2/c1-22-8-9-26(37-31(42)24-6-5-7-25(17-24)32(3,4)20-33)18-27(22)38-30-16-23(2)39-41(30)29-19-28(35-21-36-29)34-10-11-40-12-14-43-15-13-40/h5-9,16-19,21,38H,10-15H2,1-4H3,(H,37,42)(H,34,35,36). The number of aryl methyl sites for hydroxylation is 2. The minimum Gasteiger partial charge on any atom is -0.379 e.